The number of urea groups is 1. The molecule has 55 heavy (non-hydrogen) atoms. The quantitative estimate of drug-likeness (QED) is 0.0620. The predicted octanol–water partition coefficient (Wildman–Crippen LogP) is 2.01. The number of benzene rings is 2. The van der Waals surface area contributed by atoms with Crippen LogP contribution in [0.4, 0.5) is 15.3 Å². The van der Waals surface area contributed by atoms with Crippen molar-refractivity contribution >= 4 is 41.6 Å². The Morgan fingerprint density at radius 2 is 1.22 bits per heavy atom. The molecule has 0 saturated heterocycles. The number of carboxylic acids is 2. The Morgan fingerprint density at radius 1 is 0.673 bits per heavy atom. The van der Waals surface area contributed by atoms with Gasteiger partial charge in [-0.05, 0) is 75.1 Å². The lowest BCUT2D eigenvalue weighted by Gasteiger charge is -2.19. The molecule has 0 fully saturated rings. The highest BCUT2D eigenvalue weighted by Crippen LogP contribution is 2.27. The van der Waals surface area contributed by atoms with E-state index in [9.17, 15) is 28.8 Å². The number of carbonyl (C=O) groups is 6. The van der Waals surface area contributed by atoms with Gasteiger partial charge in [0.05, 0.1) is 26.4 Å². The van der Waals surface area contributed by atoms with Gasteiger partial charge in [-0.25, -0.2) is 9.59 Å². The molecule has 0 spiro atoms. The average molecular weight is 774 g/mol. The summed E-state index contributed by atoms with van der Waals surface area (Å²) in [5.41, 5.74) is 13.4. The number of amides is 5. The SMILES string of the molecule is Cc1c(NC(=O)NCCOCCOCCNC(=O)OCc2ccccc2)cc(C(=O)NCCCC[C@H](N)C(=O)O)c(C)c1C(=O)NCCCC[C@H](N)C(=O)O. The van der Waals surface area contributed by atoms with Gasteiger partial charge in [0.15, 0.2) is 0 Å². The van der Waals surface area contributed by atoms with Gasteiger partial charge in [0.1, 0.15) is 18.7 Å². The topological polar surface area (TPSA) is 283 Å². The molecule has 11 N–H and O–H groups in total. The van der Waals surface area contributed by atoms with E-state index in [1.807, 2.05) is 30.3 Å². The van der Waals surface area contributed by atoms with Gasteiger partial charge in [-0.2, -0.15) is 0 Å². The average Bonchev–Trinajstić information content (AvgIpc) is 3.15. The Hall–Kier alpha value is -5.30. The van der Waals surface area contributed by atoms with Crippen molar-refractivity contribution in [3.63, 3.8) is 0 Å². The number of unbranched alkanes of at least 4 members (excludes halogenated alkanes) is 2. The fraction of sp³-hybridized carbons (Fsp3) is 0.514. The number of hydrogen-bond acceptors (Lipinski definition) is 11. The van der Waals surface area contributed by atoms with Crippen molar-refractivity contribution in [3.05, 3.63) is 64.2 Å². The molecular formula is C37H55N7O11. The Morgan fingerprint density at radius 3 is 1.78 bits per heavy atom. The number of carbonyl (C=O) groups excluding carboxylic acids is 4. The van der Waals surface area contributed by atoms with Gasteiger partial charge in [0, 0.05) is 43.0 Å². The van der Waals surface area contributed by atoms with Crippen LogP contribution in [0.15, 0.2) is 36.4 Å². The van der Waals surface area contributed by atoms with Crippen LogP contribution in [0.25, 0.3) is 0 Å². The number of nitrogens with two attached hydrogens (primary N) is 2. The van der Waals surface area contributed by atoms with Gasteiger partial charge < -0.3 is 62.5 Å². The van der Waals surface area contributed by atoms with Crippen LogP contribution in [0.3, 0.4) is 0 Å². The number of carboxylic acid groups (broad SMARTS) is 2. The first kappa shape index (κ1) is 45.9. The zero-order chi connectivity index (χ0) is 40.6. The molecule has 18 nitrogen and oxygen atoms in total. The van der Waals surface area contributed by atoms with Crippen LogP contribution in [0.1, 0.15) is 75.9 Å². The smallest absolute Gasteiger partial charge is 0.407 e. The fourth-order valence-corrected chi connectivity index (χ4v) is 5.16. The Kier molecular flexibility index (Phi) is 21.4. The lowest BCUT2D eigenvalue weighted by Crippen LogP contribution is -2.33. The van der Waals surface area contributed by atoms with Crippen molar-refractivity contribution in [1.29, 1.82) is 0 Å². The molecule has 0 aromatic heterocycles. The molecule has 2 atom stereocenters. The third-order valence-electron chi connectivity index (χ3n) is 8.29. The molecule has 0 radical (unpaired) electrons. The molecule has 0 bridgehead atoms. The maximum Gasteiger partial charge on any atom is 0.407 e. The van der Waals surface area contributed by atoms with Crippen LogP contribution < -0.4 is 38.1 Å². The number of rotatable bonds is 26. The molecule has 0 aliphatic carbocycles. The Bertz CT molecular complexity index is 1560. The van der Waals surface area contributed by atoms with E-state index in [0.29, 0.717) is 36.8 Å². The summed E-state index contributed by atoms with van der Waals surface area (Å²) in [4.78, 5) is 73.2. The van der Waals surface area contributed by atoms with Gasteiger partial charge in [0.25, 0.3) is 11.8 Å². The summed E-state index contributed by atoms with van der Waals surface area (Å²) in [7, 11) is 0. The third kappa shape index (κ3) is 18.1. The number of aliphatic carboxylic acids is 2. The maximum atomic E-state index is 13.4. The first-order valence-electron chi connectivity index (χ1n) is 18.1. The number of nitrogens with one attached hydrogen (secondary N) is 5. The van der Waals surface area contributed by atoms with Gasteiger partial charge in [-0.1, -0.05) is 30.3 Å². The number of alkyl carbamates (subject to hydrolysis) is 1. The zero-order valence-corrected chi connectivity index (χ0v) is 31.4. The van der Waals surface area contributed by atoms with Gasteiger partial charge in [-0.3, -0.25) is 19.2 Å². The molecule has 0 saturated carbocycles. The van der Waals surface area contributed by atoms with E-state index in [4.69, 9.17) is 35.9 Å². The summed E-state index contributed by atoms with van der Waals surface area (Å²) in [5.74, 6) is -3.17. The molecular weight excluding hydrogens is 718 g/mol. The van der Waals surface area contributed by atoms with Gasteiger partial charge >= 0.3 is 24.1 Å². The first-order valence-corrected chi connectivity index (χ1v) is 18.1. The first-order chi connectivity index (χ1) is 26.3. The monoisotopic (exact) mass is 773 g/mol. The van der Waals surface area contributed by atoms with E-state index in [-0.39, 0.29) is 88.9 Å². The molecule has 0 heterocycles. The van der Waals surface area contributed by atoms with Crippen LogP contribution in [0, 0.1) is 13.8 Å². The predicted molar refractivity (Wildman–Crippen MR) is 203 cm³/mol. The van der Waals surface area contributed by atoms with Crippen molar-refractivity contribution in [2.45, 2.75) is 71.1 Å². The van der Waals surface area contributed by atoms with Crippen molar-refractivity contribution in [2.24, 2.45) is 11.5 Å². The summed E-state index contributed by atoms with van der Waals surface area (Å²) in [6.07, 6.45) is 1.84. The van der Waals surface area contributed by atoms with Crippen LogP contribution in [-0.4, -0.2) is 111 Å². The highest BCUT2D eigenvalue weighted by atomic mass is 16.5. The van der Waals surface area contributed by atoms with Crippen molar-refractivity contribution in [3.8, 4) is 0 Å². The minimum Gasteiger partial charge on any atom is -0.480 e. The minimum absolute atomic E-state index is 0.142. The summed E-state index contributed by atoms with van der Waals surface area (Å²) < 4.78 is 16.1. The number of hydrogen-bond donors (Lipinski definition) is 9. The van der Waals surface area contributed by atoms with Crippen LogP contribution in [0.2, 0.25) is 0 Å². The molecule has 0 aliphatic heterocycles. The van der Waals surface area contributed by atoms with Crippen LogP contribution in [0.5, 0.6) is 0 Å². The summed E-state index contributed by atoms with van der Waals surface area (Å²) >= 11 is 0. The number of anilines is 1. The standard InChI is InChI=1S/C37H55N7O11/c1-24-27(32(45)40-14-8-6-12-28(38)34(47)48)22-30(25(2)31(24)33(46)41-15-9-7-13-29(39)35(49)50)44-36(51)42-16-18-53-20-21-54-19-17-43-37(52)55-23-26-10-4-3-5-11-26/h3-5,10-11,22,28-29H,6-9,12-21,23,38-39H2,1-2H3,(H,40,45)(H,41,46)(H,43,52)(H,47,48)(H,49,50)(H2,42,44,51)/t28-,29-/m0/s1. The van der Waals surface area contributed by atoms with Crippen molar-refractivity contribution in [2.75, 3.05) is 57.9 Å². The fourth-order valence-electron chi connectivity index (χ4n) is 5.16. The molecule has 2 rings (SSSR count). The minimum atomic E-state index is -1.10. The molecule has 304 valence electrons. The lowest BCUT2D eigenvalue weighted by molar-refractivity contribution is -0.139. The maximum absolute atomic E-state index is 13.4. The Balaban J connectivity index is 1.86. The second kappa shape index (κ2) is 25.7. The molecule has 2 aromatic carbocycles. The lowest BCUT2D eigenvalue weighted by atomic mass is 9.94. The van der Waals surface area contributed by atoms with E-state index < -0.39 is 48.0 Å². The van der Waals surface area contributed by atoms with E-state index in [0.717, 1.165) is 5.56 Å². The van der Waals surface area contributed by atoms with E-state index in [2.05, 4.69) is 26.6 Å². The molecule has 0 aliphatic rings. The highest BCUT2D eigenvalue weighted by Gasteiger charge is 2.23. The van der Waals surface area contributed by atoms with E-state index in [1.54, 1.807) is 13.8 Å². The number of ether oxygens (including phenoxy) is 3. The molecule has 5 amide bonds. The molecule has 2 aromatic rings. The normalized spacial score (nSPS) is 11.9. The van der Waals surface area contributed by atoms with E-state index >= 15 is 0 Å². The van der Waals surface area contributed by atoms with Crippen LogP contribution in [-0.2, 0) is 30.4 Å². The Labute approximate surface area is 320 Å². The second-order valence-corrected chi connectivity index (χ2v) is 12.6. The second-order valence-electron chi connectivity index (χ2n) is 12.6. The van der Waals surface area contributed by atoms with Crippen LogP contribution >= 0.6 is 0 Å². The van der Waals surface area contributed by atoms with Gasteiger partial charge in [-0.15, -0.1) is 0 Å². The third-order valence-corrected chi connectivity index (χ3v) is 8.29. The highest BCUT2D eigenvalue weighted by molar-refractivity contribution is 6.06. The van der Waals surface area contributed by atoms with Gasteiger partial charge in [0.2, 0.25) is 0 Å². The van der Waals surface area contributed by atoms with E-state index in [1.165, 1.54) is 6.07 Å². The largest absolute Gasteiger partial charge is 0.480 e. The summed E-state index contributed by atoms with van der Waals surface area (Å²) in [6.45, 7) is 5.22. The zero-order valence-electron chi connectivity index (χ0n) is 31.4. The summed E-state index contributed by atoms with van der Waals surface area (Å²) in [6, 6.07) is 8.20. The van der Waals surface area contributed by atoms with Crippen molar-refractivity contribution < 1.29 is 53.2 Å². The molecule has 18 heteroatoms. The molecule has 0 unspecified atom stereocenters. The van der Waals surface area contributed by atoms with Crippen molar-refractivity contribution in [1.82, 2.24) is 21.3 Å². The summed E-state index contributed by atoms with van der Waals surface area (Å²) in [5, 5.41) is 31.5.